The SMILES string of the molecule is CCCCCCOc1oc2nc(-c3ccco3)cc(-c3ccccc3)c2c1N. The number of ether oxygens (including phenoxy) is 1. The quantitative estimate of drug-likeness (QED) is 0.365. The molecule has 4 aromatic rings. The van der Waals surface area contributed by atoms with Gasteiger partial charge in [-0.25, -0.2) is 4.98 Å². The van der Waals surface area contributed by atoms with Crippen molar-refractivity contribution < 1.29 is 13.6 Å². The Bertz CT molecular complexity index is 1040. The van der Waals surface area contributed by atoms with E-state index in [1.54, 1.807) is 6.26 Å². The minimum atomic E-state index is 0.341. The Morgan fingerprint density at radius 2 is 1.89 bits per heavy atom. The summed E-state index contributed by atoms with van der Waals surface area (Å²) in [5.41, 5.74) is 10.0. The Balaban J connectivity index is 1.76. The Hall–Kier alpha value is -3.21. The average molecular weight is 376 g/mol. The van der Waals surface area contributed by atoms with Crippen molar-refractivity contribution in [3.63, 3.8) is 0 Å². The zero-order valence-electron chi connectivity index (χ0n) is 16.0. The van der Waals surface area contributed by atoms with Gasteiger partial charge in [-0.05, 0) is 35.7 Å². The molecule has 5 nitrogen and oxygen atoms in total. The summed E-state index contributed by atoms with van der Waals surface area (Å²) in [6.07, 6.45) is 6.12. The molecule has 0 unspecified atom stereocenters. The number of nitrogen functional groups attached to an aromatic ring is 1. The highest BCUT2D eigenvalue weighted by atomic mass is 16.6. The molecule has 0 bridgehead atoms. The van der Waals surface area contributed by atoms with Crippen molar-refractivity contribution in [2.45, 2.75) is 32.6 Å². The van der Waals surface area contributed by atoms with Gasteiger partial charge in [0.15, 0.2) is 5.76 Å². The van der Waals surface area contributed by atoms with E-state index in [0.717, 1.165) is 29.4 Å². The highest BCUT2D eigenvalue weighted by molar-refractivity contribution is 6.03. The van der Waals surface area contributed by atoms with Gasteiger partial charge in [0.25, 0.3) is 0 Å². The molecular weight excluding hydrogens is 352 g/mol. The maximum absolute atomic E-state index is 6.40. The van der Waals surface area contributed by atoms with E-state index < -0.39 is 0 Å². The van der Waals surface area contributed by atoms with Gasteiger partial charge in [0.2, 0.25) is 5.71 Å². The second-order valence-electron chi connectivity index (χ2n) is 6.79. The van der Waals surface area contributed by atoms with Crippen molar-refractivity contribution in [1.82, 2.24) is 4.98 Å². The fourth-order valence-corrected chi connectivity index (χ4v) is 3.30. The second kappa shape index (κ2) is 8.21. The van der Waals surface area contributed by atoms with Crippen LogP contribution in [0.15, 0.2) is 63.6 Å². The largest absolute Gasteiger partial charge is 0.464 e. The van der Waals surface area contributed by atoms with Gasteiger partial charge in [-0.15, -0.1) is 0 Å². The topological polar surface area (TPSA) is 74.4 Å². The summed E-state index contributed by atoms with van der Waals surface area (Å²) in [6.45, 7) is 2.77. The van der Waals surface area contributed by atoms with Crippen LogP contribution in [0.3, 0.4) is 0 Å². The van der Waals surface area contributed by atoms with Gasteiger partial charge < -0.3 is 19.3 Å². The summed E-state index contributed by atoms with van der Waals surface area (Å²) in [6, 6.07) is 15.7. The molecule has 0 amide bonds. The Morgan fingerprint density at radius 1 is 1.04 bits per heavy atom. The van der Waals surface area contributed by atoms with E-state index >= 15 is 0 Å². The summed E-state index contributed by atoms with van der Waals surface area (Å²) in [7, 11) is 0. The number of unbranched alkanes of at least 4 members (excludes halogenated alkanes) is 3. The molecule has 0 aliphatic rings. The fourth-order valence-electron chi connectivity index (χ4n) is 3.30. The van der Waals surface area contributed by atoms with Gasteiger partial charge in [-0.2, -0.15) is 0 Å². The fraction of sp³-hybridized carbons (Fsp3) is 0.261. The number of furan rings is 2. The Morgan fingerprint density at radius 3 is 2.64 bits per heavy atom. The van der Waals surface area contributed by atoms with Crippen LogP contribution in [0.2, 0.25) is 0 Å². The number of benzene rings is 1. The van der Waals surface area contributed by atoms with Crippen molar-refractivity contribution in [3.8, 4) is 28.5 Å². The van der Waals surface area contributed by atoms with Gasteiger partial charge in [-0.3, -0.25) is 0 Å². The third-order valence-electron chi connectivity index (χ3n) is 4.75. The molecule has 28 heavy (non-hydrogen) atoms. The van der Waals surface area contributed by atoms with Crippen LogP contribution in [0.1, 0.15) is 32.6 Å². The van der Waals surface area contributed by atoms with E-state index in [-0.39, 0.29) is 0 Å². The predicted molar refractivity (Wildman–Crippen MR) is 111 cm³/mol. The lowest BCUT2D eigenvalue weighted by atomic mass is 10.0. The molecular formula is C23H24N2O3. The maximum Gasteiger partial charge on any atom is 0.311 e. The Kier molecular flexibility index (Phi) is 5.33. The molecule has 2 N–H and O–H groups in total. The summed E-state index contributed by atoms with van der Waals surface area (Å²) in [4.78, 5) is 4.62. The number of anilines is 1. The van der Waals surface area contributed by atoms with Crippen LogP contribution in [0.5, 0.6) is 5.95 Å². The maximum atomic E-state index is 6.40. The van der Waals surface area contributed by atoms with Gasteiger partial charge in [-0.1, -0.05) is 56.5 Å². The van der Waals surface area contributed by atoms with Crippen molar-refractivity contribution >= 4 is 16.8 Å². The lowest BCUT2D eigenvalue weighted by Gasteiger charge is -2.06. The molecule has 4 rings (SSSR count). The van der Waals surface area contributed by atoms with Crippen molar-refractivity contribution in [2.24, 2.45) is 0 Å². The van der Waals surface area contributed by atoms with Crippen LogP contribution in [-0.2, 0) is 0 Å². The monoisotopic (exact) mass is 376 g/mol. The molecule has 0 saturated carbocycles. The second-order valence-corrected chi connectivity index (χ2v) is 6.79. The molecule has 144 valence electrons. The third kappa shape index (κ3) is 3.60. The summed E-state index contributed by atoms with van der Waals surface area (Å²) in [5, 5.41) is 0.769. The first-order chi connectivity index (χ1) is 13.8. The molecule has 3 heterocycles. The number of fused-ring (bicyclic) bond motifs is 1. The molecule has 3 aromatic heterocycles. The van der Waals surface area contributed by atoms with Crippen LogP contribution < -0.4 is 10.5 Å². The first-order valence-electron chi connectivity index (χ1n) is 9.73. The molecule has 1 aromatic carbocycles. The van der Waals surface area contributed by atoms with Crippen LogP contribution in [-0.4, -0.2) is 11.6 Å². The summed E-state index contributed by atoms with van der Waals surface area (Å²) in [5.74, 6) is 1.02. The number of pyridine rings is 1. The number of hydrogen-bond donors (Lipinski definition) is 1. The minimum Gasteiger partial charge on any atom is -0.464 e. The highest BCUT2D eigenvalue weighted by Crippen LogP contribution is 2.41. The molecule has 0 aliphatic heterocycles. The van der Waals surface area contributed by atoms with Crippen molar-refractivity contribution in [1.29, 1.82) is 0 Å². The van der Waals surface area contributed by atoms with E-state index in [1.165, 1.54) is 12.8 Å². The zero-order valence-corrected chi connectivity index (χ0v) is 16.0. The van der Waals surface area contributed by atoms with E-state index in [2.05, 4.69) is 11.9 Å². The van der Waals surface area contributed by atoms with Crippen molar-refractivity contribution in [2.75, 3.05) is 12.3 Å². The molecule has 0 radical (unpaired) electrons. The van der Waals surface area contributed by atoms with Gasteiger partial charge >= 0.3 is 5.95 Å². The number of nitrogens with two attached hydrogens (primary N) is 1. The number of hydrogen-bond acceptors (Lipinski definition) is 5. The lowest BCUT2D eigenvalue weighted by Crippen LogP contribution is -1.98. The number of nitrogens with zero attached hydrogens (tertiary/aromatic N) is 1. The molecule has 0 aliphatic carbocycles. The Labute approximate surface area is 164 Å². The molecule has 0 atom stereocenters. The van der Waals surface area contributed by atoms with Crippen LogP contribution in [0, 0.1) is 0 Å². The zero-order chi connectivity index (χ0) is 19.3. The highest BCUT2D eigenvalue weighted by Gasteiger charge is 2.21. The van der Waals surface area contributed by atoms with Crippen molar-refractivity contribution in [3.05, 3.63) is 54.8 Å². The first kappa shape index (κ1) is 18.2. The lowest BCUT2D eigenvalue weighted by molar-refractivity contribution is 0.243. The summed E-state index contributed by atoms with van der Waals surface area (Å²) >= 11 is 0. The van der Waals surface area contributed by atoms with E-state index in [9.17, 15) is 0 Å². The van der Waals surface area contributed by atoms with Gasteiger partial charge in [0, 0.05) is 0 Å². The van der Waals surface area contributed by atoms with Crippen LogP contribution >= 0.6 is 0 Å². The third-order valence-corrected chi connectivity index (χ3v) is 4.75. The van der Waals surface area contributed by atoms with Gasteiger partial charge in [0.05, 0.1) is 18.3 Å². The van der Waals surface area contributed by atoms with Crippen LogP contribution in [0.4, 0.5) is 5.69 Å². The van der Waals surface area contributed by atoms with Crippen LogP contribution in [0.25, 0.3) is 33.7 Å². The minimum absolute atomic E-state index is 0.341. The van der Waals surface area contributed by atoms with E-state index in [1.807, 2.05) is 48.5 Å². The first-order valence-corrected chi connectivity index (χ1v) is 9.73. The molecule has 0 saturated heterocycles. The summed E-state index contributed by atoms with van der Waals surface area (Å²) < 4.78 is 17.3. The predicted octanol–water partition coefficient (Wildman–Crippen LogP) is 6.30. The number of rotatable bonds is 8. The molecule has 5 heteroatoms. The smallest absolute Gasteiger partial charge is 0.311 e. The van der Waals surface area contributed by atoms with Gasteiger partial charge in [0.1, 0.15) is 11.4 Å². The normalized spacial score (nSPS) is 11.2. The standard InChI is InChI=1S/C23H24N2O3/c1-2-3-4-8-13-27-23-21(24)20-17(16-10-6-5-7-11-16)15-18(25-22(20)28-23)19-12-9-14-26-19/h5-7,9-12,14-15H,2-4,8,13,24H2,1H3. The van der Waals surface area contributed by atoms with E-state index in [4.69, 9.17) is 19.3 Å². The molecule has 0 spiro atoms. The average Bonchev–Trinajstić information content (AvgIpc) is 3.37. The number of aromatic nitrogens is 1. The molecule has 0 fully saturated rings. The van der Waals surface area contributed by atoms with E-state index in [0.29, 0.717) is 35.4 Å².